The van der Waals surface area contributed by atoms with Gasteiger partial charge in [0, 0.05) is 23.7 Å². The molecule has 2 amide bonds. The highest BCUT2D eigenvalue weighted by Gasteiger charge is 2.33. The molecule has 41 heavy (non-hydrogen) atoms. The number of nitrogens with one attached hydrogen (secondary N) is 1. The third kappa shape index (κ3) is 7.92. The van der Waals surface area contributed by atoms with Crippen molar-refractivity contribution in [2.24, 2.45) is 0 Å². The van der Waals surface area contributed by atoms with Crippen molar-refractivity contribution >= 4 is 39.1 Å². The third-order valence-corrected chi connectivity index (χ3v) is 8.72. The molecule has 11 heteroatoms. The normalized spacial score (nSPS) is 12.6. The summed E-state index contributed by atoms with van der Waals surface area (Å²) in [5, 5.41) is 3.45. The van der Waals surface area contributed by atoms with E-state index < -0.39 is 28.5 Å². The molecular formula is C30H36ClN3O6S. The first kappa shape index (κ1) is 31.8. The summed E-state index contributed by atoms with van der Waals surface area (Å²) in [6.07, 6.45) is 0.717. The summed E-state index contributed by atoms with van der Waals surface area (Å²) in [6.45, 7) is 4.98. The lowest BCUT2D eigenvalue weighted by Crippen LogP contribution is -2.52. The quantitative estimate of drug-likeness (QED) is 0.299. The molecular weight excluding hydrogens is 566 g/mol. The maximum atomic E-state index is 14.0. The number of carbonyl (C=O) groups excluding carboxylic acids is 2. The van der Waals surface area contributed by atoms with Crippen LogP contribution in [0.5, 0.6) is 11.5 Å². The summed E-state index contributed by atoms with van der Waals surface area (Å²) in [5.74, 6) is -0.299. The van der Waals surface area contributed by atoms with Crippen molar-refractivity contribution < 1.29 is 27.5 Å². The number of carbonyl (C=O) groups is 2. The maximum Gasteiger partial charge on any atom is 0.264 e. The average Bonchev–Trinajstić information content (AvgIpc) is 2.98. The molecule has 0 saturated carbocycles. The van der Waals surface area contributed by atoms with Crippen molar-refractivity contribution in [2.45, 2.75) is 50.7 Å². The van der Waals surface area contributed by atoms with Crippen LogP contribution in [0.2, 0.25) is 5.02 Å². The van der Waals surface area contributed by atoms with Gasteiger partial charge in [0.1, 0.15) is 12.6 Å². The van der Waals surface area contributed by atoms with Gasteiger partial charge in [-0.1, -0.05) is 48.9 Å². The average molecular weight is 602 g/mol. The summed E-state index contributed by atoms with van der Waals surface area (Å²) >= 11 is 6.05. The second-order valence-electron chi connectivity index (χ2n) is 9.51. The van der Waals surface area contributed by atoms with Crippen molar-refractivity contribution in [2.75, 3.05) is 25.1 Å². The minimum absolute atomic E-state index is 0.0735. The molecule has 1 N–H and O–H groups in total. The van der Waals surface area contributed by atoms with E-state index in [1.807, 2.05) is 13.8 Å². The number of amides is 2. The molecule has 0 aliphatic heterocycles. The van der Waals surface area contributed by atoms with Crippen molar-refractivity contribution in [3.8, 4) is 11.5 Å². The highest BCUT2D eigenvalue weighted by molar-refractivity contribution is 7.92. The van der Waals surface area contributed by atoms with Crippen molar-refractivity contribution in [3.05, 3.63) is 83.4 Å². The first-order valence-electron chi connectivity index (χ1n) is 13.2. The van der Waals surface area contributed by atoms with E-state index in [4.69, 9.17) is 21.1 Å². The first-order chi connectivity index (χ1) is 19.5. The smallest absolute Gasteiger partial charge is 0.264 e. The van der Waals surface area contributed by atoms with Gasteiger partial charge in [-0.2, -0.15) is 0 Å². The Morgan fingerprint density at radius 1 is 0.927 bits per heavy atom. The molecule has 3 aromatic carbocycles. The van der Waals surface area contributed by atoms with Crippen molar-refractivity contribution in [3.63, 3.8) is 0 Å². The van der Waals surface area contributed by atoms with E-state index in [1.165, 1.54) is 37.3 Å². The van der Waals surface area contributed by atoms with Gasteiger partial charge < -0.3 is 19.7 Å². The second-order valence-corrected chi connectivity index (χ2v) is 11.8. The number of anilines is 1. The number of methoxy groups -OCH3 is 2. The van der Waals surface area contributed by atoms with E-state index >= 15 is 0 Å². The lowest BCUT2D eigenvalue weighted by molar-refractivity contribution is -0.139. The van der Waals surface area contributed by atoms with Crippen LogP contribution in [-0.2, 0) is 26.2 Å². The van der Waals surface area contributed by atoms with Gasteiger partial charge in [-0.15, -0.1) is 0 Å². The minimum Gasteiger partial charge on any atom is -0.493 e. The highest BCUT2D eigenvalue weighted by Crippen LogP contribution is 2.32. The van der Waals surface area contributed by atoms with E-state index in [9.17, 15) is 18.0 Å². The first-order valence-corrected chi connectivity index (χ1v) is 15.0. The van der Waals surface area contributed by atoms with Gasteiger partial charge in [0.2, 0.25) is 11.8 Å². The number of hydrogen-bond donors (Lipinski definition) is 1. The topological polar surface area (TPSA) is 105 Å². The van der Waals surface area contributed by atoms with Gasteiger partial charge in [0.15, 0.2) is 11.5 Å². The fraction of sp³-hybridized carbons (Fsp3) is 0.333. The number of rotatable bonds is 13. The molecule has 0 saturated heterocycles. The van der Waals surface area contributed by atoms with Crippen LogP contribution in [0.3, 0.4) is 0 Å². The van der Waals surface area contributed by atoms with Gasteiger partial charge >= 0.3 is 0 Å². The number of hydrogen-bond acceptors (Lipinski definition) is 6. The number of para-hydroxylation sites is 1. The number of nitrogens with zero attached hydrogens (tertiary/aromatic N) is 2. The highest BCUT2D eigenvalue weighted by atomic mass is 35.5. The monoisotopic (exact) mass is 601 g/mol. The molecule has 0 aliphatic carbocycles. The van der Waals surface area contributed by atoms with Crippen LogP contribution < -0.4 is 19.1 Å². The van der Waals surface area contributed by atoms with Gasteiger partial charge in [-0.05, 0) is 62.2 Å². The van der Waals surface area contributed by atoms with Crippen LogP contribution in [0.25, 0.3) is 0 Å². The Bertz CT molecular complexity index is 1430. The maximum absolute atomic E-state index is 14.0. The zero-order valence-corrected chi connectivity index (χ0v) is 25.4. The van der Waals surface area contributed by atoms with E-state index in [-0.39, 0.29) is 29.1 Å². The molecule has 9 nitrogen and oxygen atoms in total. The third-order valence-electron chi connectivity index (χ3n) is 6.70. The van der Waals surface area contributed by atoms with Crippen LogP contribution in [0.4, 0.5) is 5.69 Å². The number of benzene rings is 3. The van der Waals surface area contributed by atoms with Crippen LogP contribution in [0, 0.1) is 0 Å². The Balaban J connectivity index is 2.03. The Labute approximate surface area is 247 Å². The molecule has 0 bridgehead atoms. The Kier molecular flexibility index (Phi) is 11.0. The summed E-state index contributed by atoms with van der Waals surface area (Å²) in [4.78, 5) is 28.4. The molecule has 3 aromatic rings. The molecule has 0 aliphatic rings. The van der Waals surface area contributed by atoms with Crippen molar-refractivity contribution in [1.29, 1.82) is 0 Å². The predicted molar refractivity (Wildman–Crippen MR) is 160 cm³/mol. The number of halogens is 1. The largest absolute Gasteiger partial charge is 0.493 e. The van der Waals surface area contributed by atoms with E-state index in [0.717, 1.165) is 16.3 Å². The Hall–Kier alpha value is -3.76. The second kappa shape index (κ2) is 14.2. The summed E-state index contributed by atoms with van der Waals surface area (Å²) in [5.41, 5.74) is 1.03. The molecule has 0 radical (unpaired) electrons. The fourth-order valence-corrected chi connectivity index (χ4v) is 5.62. The molecule has 0 unspecified atom stereocenters. The molecule has 0 fully saturated rings. The van der Waals surface area contributed by atoms with Gasteiger partial charge in [-0.3, -0.25) is 13.9 Å². The van der Waals surface area contributed by atoms with Crippen LogP contribution >= 0.6 is 11.6 Å². The minimum atomic E-state index is -4.26. The Morgan fingerprint density at radius 2 is 1.56 bits per heavy atom. The van der Waals surface area contributed by atoms with E-state index in [2.05, 4.69) is 5.32 Å². The molecule has 0 spiro atoms. The van der Waals surface area contributed by atoms with Crippen LogP contribution in [0.1, 0.15) is 32.8 Å². The Morgan fingerprint density at radius 3 is 2.15 bits per heavy atom. The zero-order valence-electron chi connectivity index (χ0n) is 23.8. The molecule has 220 valence electrons. The standard InChI is InChI=1S/C30H36ClN3O6S/c1-6-21(2)32-30(36)22(3)33(19-23-12-14-24(31)15-13-23)29(35)20-34(25-10-8-7-9-11-25)41(37,38)26-16-17-27(39-4)28(18-26)40-5/h7-18,21-22H,6,19-20H2,1-5H3,(H,32,36)/t21-,22+/m1/s1. The fourth-order valence-electron chi connectivity index (χ4n) is 4.06. The van der Waals surface area contributed by atoms with Crippen LogP contribution in [-0.4, -0.2) is 58.0 Å². The van der Waals surface area contributed by atoms with Gasteiger partial charge in [-0.25, -0.2) is 8.42 Å². The summed E-state index contributed by atoms with van der Waals surface area (Å²) < 4.78 is 39.6. The SMILES string of the molecule is CC[C@@H](C)NC(=O)[C@H](C)N(Cc1ccc(Cl)cc1)C(=O)CN(c1ccccc1)S(=O)(=O)c1ccc(OC)c(OC)c1. The molecule has 0 heterocycles. The lowest BCUT2D eigenvalue weighted by atomic mass is 10.1. The molecule has 0 aromatic heterocycles. The van der Waals surface area contributed by atoms with Crippen molar-refractivity contribution in [1.82, 2.24) is 10.2 Å². The van der Waals surface area contributed by atoms with E-state index in [0.29, 0.717) is 16.5 Å². The van der Waals surface area contributed by atoms with Gasteiger partial charge in [0.05, 0.1) is 24.8 Å². The van der Waals surface area contributed by atoms with Crippen LogP contribution in [0.15, 0.2) is 77.7 Å². The van der Waals surface area contributed by atoms with E-state index in [1.54, 1.807) is 61.5 Å². The predicted octanol–water partition coefficient (Wildman–Crippen LogP) is 4.88. The molecule has 3 rings (SSSR count). The lowest BCUT2D eigenvalue weighted by Gasteiger charge is -2.32. The zero-order chi connectivity index (χ0) is 30.2. The summed E-state index contributed by atoms with van der Waals surface area (Å²) in [7, 11) is -1.39. The number of ether oxygens (including phenoxy) is 2. The molecule has 2 atom stereocenters. The van der Waals surface area contributed by atoms with Gasteiger partial charge in [0.25, 0.3) is 10.0 Å². The summed E-state index contributed by atoms with van der Waals surface area (Å²) in [6, 6.07) is 18.5. The number of sulfonamides is 1.